The standard InChI is InChI=1S/C16H15N3O2S.ClH/c1-9-4-6-11(7-5-9)19-14-12-10(2)13(16(20)21-3)22-15(12)18-8-17-14;/h4-8H,1-3H3,(H,17,18,19);1H. The van der Waals surface area contributed by atoms with Gasteiger partial charge in [-0.25, -0.2) is 14.8 Å². The number of halogens is 1. The van der Waals surface area contributed by atoms with Gasteiger partial charge in [-0.1, -0.05) is 17.7 Å². The number of aromatic nitrogens is 2. The molecule has 3 aromatic rings. The molecule has 1 aromatic carbocycles. The summed E-state index contributed by atoms with van der Waals surface area (Å²) in [4.78, 5) is 21.7. The largest absolute Gasteiger partial charge is 0.465 e. The monoisotopic (exact) mass is 349 g/mol. The second-order valence-corrected chi connectivity index (χ2v) is 5.94. The van der Waals surface area contributed by atoms with Crippen LogP contribution in [0.5, 0.6) is 0 Å². The van der Waals surface area contributed by atoms with Crippen LogP contribution in [0, 0.1) is 13.8 Å². The number of rotatable bonds is 3. The molecule has 7 heteroatoms. The van der Waals surface area contributed by atoms with Crippen LogP contribution in [0.4, 0.5) is 11.5 Å². The van der Waals surface area contributed by atoms with Crippen LogP contribution in [-0.4, -0.2) is 23.0 Å². The van der Waals surface area contributed by atoms with Crippen LogP contribution in [0.2, 0.25) is 0 Å². The predicted molar refractivity (Wildman–Crippen MR) is 95.2 cm³/mol. The lowest BCUT2D eigenvalue weighted by molar-refractivity contribution is 0.0605. The molecule has 0 saturated carbocycles. The van der Waals surface area contributed by atoms with Crippen molar-refractivity contribution in [2.45, 2.75) is 13.8 Å². The Kier molecular flexibility index (Phi) is 5.18. The number of nitrogens with zero attached hydrogens (tertiary/aromatic N) is 2. The maximum Gasteiger partial charge on any atom is 0.348 e. The summed E-state index contributed by atoms with van der Waals surface area (Å²) in [5.41, 5.74) is 2.97. The fraction of sp³-hybridized carbons (Fsp3) is 0.188. The lowest BCUT2D eigenvalue weighted by Crippen LogP contribution is -2.00. The van der Waals surface area contributed by atoms with Crippen LogP contribution < -0.4 is 5.32 Å². The van der Waals surface area contributed by atoms with E-state index in [1.807, 2.05) is 38.1 Å². The minimum absolute atomic E-state index is 0. The first-order chi connectivity index (χ1) is 10.6. The Bertz CT molecular complexity index is 846. The number of ether oxygens (including phenoxy) is 1. The second kappa shape index (κ2) is 6.93. The number of carbonyl (C=O) groups is 1. The highest BCUT2D eigenvalue weighted by Gasteiger charge is 2.19. The number of aryl methyl sites for hydroxylation is 2. The van der Waals surface area contributed by atoms with Crippen molar-refractivity contribution in [3.05, 3.63) is 46.6 Å². The van der Waals surface area contributed by atoms with Gasteiger partial charge in [0, 0.05) is 5.69 Å². The summed E-state index contributed by atoms with van der Waals surface area (Å²) in [6, 6.07) is 8.04. The van der Waals surface area contributed by atoms with Crippen LogP contribution >= 0.6 is 23.7 Å². The number of anilines is 2. The molecule has 0 spiro atoms. The number of nitrogens with one attached hydrogen (secondary N) is 1. The van der Waals surface area contributed by atoms with Crippen molar-refractivity contribution in [3.8, 4) is 0 Å². The number of esters is 1. The lowest BCUT2D eigenvalue weighted by atomic mass is 10.2. The zero-order valence-electron chi connectivity index (χ0n) is 12.9. The van der Waals surface area contributed by atoms with Crippen molar-refractivity contribution in [1.29, 1.82) is 0 Å². The van der Waals surface area contributed by atoms with E-state index in [9.17, 15) is 4.79 Å². The van der Waals surface area contributed by atoms with E-state index in [1.165, 1.54) is 30.3 Å². The van der Waals surface area contributed by atoms with Gasteiger partial charge in [-0.05, 0) is 31.5 Å². The molecule has 0 bridgehead atoms. The minimum Gasteiger partial charge on any atom is -0.465 e. The fourth-order valence-corrected chi connectivity index (χ4v) is 3.29. The van der Waals surface area contributed by atoms with Crippen molar-refractivity contribution in [2.75, 3.05) is 12.4 Å². The van der Waals surface area contributed by atoms with Gasteiger partial charge in [-0.3, -0.25) is 0 Å². The molecule has 5 nitrogen and oxygen atoms in total. The fourth-order valence-electron chi connectivity index (χ4n) is 2.23. The summed E-state index contributed by atoms with van der Waals surface area (Å²) in [5, 5.41) is 4.14. The van der Waals surface area contributed by atoms with Gasteiger partial charge < -0.3 is 10.1 Å². The van der Waals surface area contributed by atoms with Gasteiger partial charge in [0.2, 0.25) is 0 Å². The highest BCUT2D eigenvalue weighted by atomic mass is 35.5. The number of benzene rings is 1. The maximum atomic E-state index is 11.8. The van der Waals surface area contributed by atoms with Gasteiger partial charge >= 0.3 is 5.97 Å². The molecule has 120 valence electrons. The van der Waals surface area contributed by atoms with Gasteiger partial charge in [0.25, 0.3) is 0 Å². The average molecular weight is 350 g/mol. The molecular weight excluding hydrogens is 334 g/mol. The molecule has 23 heavy (non-hydrogen) atoms. The molecule has 3 rings (SSSR count). The number of hydrogen-bond acceptors (Lipinski definition) is 6. The molecule has 0 amide bonds. The maximum absolute atomic E-state index is 11.8. The summed E-state index contributed by atoms with van der Waals surface area (Å²) in [6.45, 7) is 3.92. The summed E-state index contributed by atoms with van der Waals surface area (Å²) in [7, 11) is 1.38. The Morgan fingerprint density at radius 2 is 1.87 bits per heavy atom. The van der Waals surface area contributed by atoms with E-state index < -0.39 is 0 Å². The van der Waals surface area contributed by atoms with E-state index in [4.69, 9.17) is 4.74 Å². The van der Waals surface area contributed by atoms with E-state index in [0.717, 1.165) is 21.5 Å². The Morgan fingerprint density at radius 1 is 1.17 bits per heavy atom. The Balaban J connectivity index is 0.00000192. The number of hydrogen-bond donors (Lipinski definition) is 1. The summed E-state index contributed by atoms with van der Waals surface area (Å²) >= 11 is 1.32. The van der Waals surface area contributed by atoms with Crippen molar-refractivity contribution in [2.24, 2.45) is 0 Å². The third kappa shape index (κ3) is 3.28. The first kappa shape index (κ1) is 17.2. The third-order valence-electron chi connectivity index (χ3n) is 3.41. The zero-order chi connectivity index (χ0) is 15.7. The number of carbonyl (C=O) groups excluding carboxylic acids is 1. The van der Waals surface area contributed by atoms with Crippen LogP contribution in [0.25, 0.3) is 10.2 Å². The van der Waals surface area contributed by atoms with Gasteiger partial charge in [0.05, 0.1) is 12.5 Å². The molecule has 0 atom stereocenters. The average Bonchev–Trinajstić information content (AvgIpc) is 2.87. The van der Waals surface area contributed by atoms with Gasteiger partial charge in [0.1, 0.15) is 21.9 Å². The molecule has 1 N–H and O–H groups in total. The Morgan fingerprint density at radius 3 is 2.52 bits per heavy atom. The van der Waals surface area contributed by atoms with Crippen LogP contribution in [0.1, 0.15) is 20.8 Å². The second-order valence-electron chi connectivity index (χ2n) is 4.94. The normalized spacial score (nSPS) is 10.2. The number of methoxy groups -OCH3 is 1. The van der Waals surface area contributed by atoms with Crippen molar-refractivity contribution in [3.63, 3.8) is 0 Å². The molecule has 0 radical (unpaired) electrons. The van der Waals surface area contributed by atoms with Gasteiger partial charge in [-0.15, -0.1) is 23.7 Å². The Labute approximate surface area is 144 Å². The van der Waals surface area contributed by atoms with E-state index in [-0.39, 0.29) is 18.4 Å². The molecule has 0 aliphatic carbocycles. The van der Waals surface area contributed by atoms with Gasteiger partial charge in [-0.2, -0.15) is 0 Å². The summed E-state index contributed by atoms with van der Waals surface area (Å²) in [6.07, 6.45) is 1.50. The van der Waals surface area contributed by atoms with Gasteiger partial charge in [0.15, 0.2) is 0 Å². The number of thiophene rings is 1. The van der Waals surface area contributed by atoms with E-state index in [2.05, 4.69) is 15.3 Å². The molecule has 0 saturated heterocycles. The van der Waals surface area contributed by atoms with Crippen LogP contribution in [-0.2, 0) is 4.74 Å². The quantitative estimate of drug-likeness (QED) is 0.716. The smallest absolute Gasteiger partial charge is 0.348 e. The van der Waals surface area contributed by atoms with Crippen molar-refractivity contribution >= 4 is 51.4 Å². The topological polar surface area (TPSA) is 64.1 Å². The minimum atomic E-state index is -0.346. The highest BCUT2D eigenvalue weighted by Crippen LogP contribution is 2.34. The molecule has 0 unspecified atom stereocenters. The van der Waals surface area contributed by atoms with Crippen LogP contribution in [0.3, 0.4) is 0 Å². The first-order valence-electron chi connectivity index (χ1n) is 6.76. The SMILES string of the molecule is COC(=O)c1sc2ncnc(Nc3ccc(C)cc3)c2c1C.Cl. The van der Waals surface area contributed by atoms with E-state index in [1.54, 1.807) is 0 Å². The predicted octanol–water partition coefficient (Wildman–Crippen LogP) is 4.26. The van der Waals surface area contributed by atoms with Crippen molar-refractivity contribution in [1.82, 2.24) is 9.97 Å². The summed E-state index contributed by atoms with van der Waals surface area (Å²) < 4.78 is 4.82. The number of fused-ring (bicyclic) bond motifs is 1. The third-order valence-corrected chi connectivity index (χ3v) is 4.59. The molecule has 2 aromatic heterocycles. The lowest BCUT2D eigenvalue weighted by Gasteiger charge is -2.07. The zero-order valence-corrected chi connectivity index (χ0v) is 14.5. The van der Waals surface area contributed by atoms with Crippen molar-refractivity contribution < 1.29 is 9.53 Å². The van der Waals surface area contributed by atoms with E-state index >= 15 is 0 Å². The molecule has 2 heterocycles. The van der Waals surface area contributed by atoms with E-state index in [0.29, 0.717) is 10.7 Å². The molecular formula is C16H16ClN3O2S. The summed E-state index contributed by atoms with van der Waals surface area (Å²) in [5.74, 6) is 0.347. The molecule has 0 aliphatic heterocycles. The molecule has 0 aliphatic rings. The van der Waals surface area contributed by atoms with Crippen LogP contribution in [0.15, 0.2) is 30.6 Å². The first-order valence-corrected chi connectivity index (χ1v) is 7.58. The highest BCUT2D eigenvalue weighted by molar-refractivity contribution is 7.20. The molecule has 0 fully saturated rings. The Hall–Kier alpha value is -2.18.